The average molecular weight is 323 g/mol. The van der Waals surface area contributed by atoms with Gasteiger partial charge in [0.1, 0.15) is 18.0 Å². The summed E-state index contributed by atoms with van der Waals surface area (Å²) in [4.78, 5) is 18.2. The zero-order chi connectivity index (χ0) is 17.1. The third-order valence-corrected chi connectivity index (χ3v) is 4.05. The summed E-state index contributed by atoms with van der Waals surface area (Å²) in [5.74, 6) is 1.59. The summed E-state index contributed by atoms with van der Waals surface area (Å²) in [6.45, 7) is 4.98. The first kappa shape index (κ1) is 16.1. The topological polar surface area (TPSA) is 47.4 Å². The van der Waals surface area contributed by atoms with E-state index in [-0.39, 0.29) is 5.91 Å². The first-order valence-electron chi connectivity index (χ1n) is 8.00. The number of hydrogen-bond acceptors (Lipinski definition) is 3. The van der Waals surface area contributed by atoms with E-state index in [1.165, 1.54) is 5.56 Å². The van der Waals surface area contributed by atoms with Crippen LogP contribution in [-0.4, -0.2) is 34.0 Å². The minimum absolute atomic E-state index is 0.0665. The van der Waals surface area contributed by atoms with Gasteiger partial charge in [-0.25, -0.2) is 4.98 Å². The van der Waals surface area contributed by atoms with Gasteiger partial charge in [0, 0.05) is 19.7 Å². The Labute approximate surface area is 141 Å². The van der Waals surface area contributed by atoms with Gasteiger partial charge >= 0.3 is 0 Å². The number of amides is 1. The Morgan fingerprint density at radius 2 is 1.88 bits per heavy atom. The second-order valence-corrected chi connectivity index (χ2v) is 5.85. The maximum absolute atomic E-state index is 12.1. The number of rotatable bonds is 5. The highest BCUT2D eigenvalue weighted by atomic mass is 16.5. The zero-order valence-electron chi connectivity index (χ0n) is 14.2. The Bertz CT molecular complexity index is 853. The number of carbonyl (C=O) groups excluding carboxylic acids is 1. The first-order chi connectivity index (χ1) is 11.6. The van der Waals surface area contributed by atoms with Crippen molar-refractivity contribution in [1.82, 2.24) is 14.5 Å². The zero-order valence-corrected chi connectivity index (χ0v) is 14.2. The lowest BCUT2D eigenvalue weighted by Crippen LogP contribution is -2.29. The molecule has 0 atom stereocenters. The van der Waals surface area contributed by atoms with Crippen molar-refractivity contribution in [2.45, 2.75) is 20.4 Å². The van der Waals surface area contributed by atoms with E-state index >= 15 is 0 Å². The van der Waals surface area contributed by atoms with Crippen LogP contribution in [0.15, 0.2) is 48.8 Å². The molecular formula is C19H21N3O2. The normalized spacial score (nSPS) is 10.8. The number of hydrogen-bond donors (Lipinski definition) is 0. The van der Waals surface area contributed by atoms with Gasteiger partial charge in [-0.2, -0.15) is 0 Å². The first-order valence-corrected chi connectivity index (χ1v) is 8.00. The van der Waals surface area contributed by atoms with Crippen LogP contribution in [-0.2, 0) is 11.3 Å². The van der Waals surface area contributed by atoms with E-state index in [9.17, 15) is 4.79 Å². The van der Waals surface area contributed by atoms with Gasteiger partial charge in [0.15, 0.2) is 0 Å². The van der Waals surface area contributed by atoms with Gasteiger partial charge in [0.2, 0.25) is 5.91 Å². The molecule has 1 heterocycles. The molecule has 1 amide bonds. The molecule has 2 aromatic carbocycles. The highest BCUT2D eigenvalue weighted by Crippen LogP contribution is 2.25. The summed E-state index contributed by atoms with van der Waals surface area (Å²) in [5, 5.41) is 0. The number of imidazole rings is 1. The van der Waals surface area contributed by atoms with Crippen molar-refractivity contribution < 1.29 is 9.53 Å². The summed E-state index contributed by atoms with van der Waals surface area (Å²) in [6.07, 6.45) is 1.70. The second kappa shape index (κ2) is 6.74. The highest BCUT2D eigenvalue weighted by Gasteiger charge is 2.11. The van der Waals surface area contributed by atoms with Crippen LogP contribution in [0.3, 0.4) is 0 Å². The van der Waals surface area contributed by atoms with Crippen LogP contribution in [0.1, 0.15) is 12.5 Å². The standard InChI is InChI=1S/C19H21N3O2/c1-4-21(3)19(23)12-22-13-20-17-11-16(9-10-18(17)22)24-15-7-5-14(2)6-8-15/h5-11,13H,4,12H2,1-3H3. The fraction of sp³-hybridized carbons (Fsp3) is 0.263. The number of likely N-dealkylation sites (N-methyl/N-ethyl adjacent to an activating group) is 1. The summed E-state index contributed by atoms with van der Waals surface area (Å²) in [7, 11) is 1.80. The van der Waals surface area contributed by atoms with Gasteiger partial charge in [0.05, 0.1) is 17.4 Å². The Morgan fingerprint density at radius 1 is 1.17 bits per heavy atom. The minimum Gasteiger partial charge on any atom is -0.457 e. The fourth-order valence-electron chi connectivity index (χ4n) is 2.42. The number of carbonyl (C=O) groups is 1. The van der Waals surface area contributed by atoms with E-state index in [2.05, 4.69) is 4.98 Å². The van der Waals surface area contributed by atoms with E-state index in [1.807, 2.05) is 60.9 Å². The number of fused-ring (bicyclic) bond motifs is 1. The lowest BCUT2D eigenvalue weighted by atomic mass is 10.2. The van der Waals surface area contributed by atoms with E-state index in [4.69, 9.17) is 4.74 Å². The molecule has 0 unspecified atom stereocenters. The van der Waals surface area contributed by atoms with Crippen LogP contribution in [0.25, 0.3) is 11.0 Å². The van der Waals surface area contributed by atoms with Crippen LogP contribution in [0.4, 0.5) is 0 Å². The largest absolute Gasteiger partial charge is 0.457 e. The van der Waals surface area contributed by atoms with Gasteiger partial charge in [-0.15, -0.1) is 0 Å². The molecule has 0 radical (unpaired) electrons. The number of aryl methyl sites for hydroxylation is 1. The number of nitrogens with zero attached hydrogens (tertiary/aromatic N) is 3. The molecule has 1 aromatic heterocycles. The van der Waals surface area contributed by atoms with Crippen molar-refractivity contribution in [1.29, 1.82) is 0 Å². The second-order valence-electron chi connectivity index (χ2n) is 5.85. The van der Waals surface area contributed by atoms with E-state index in [0.717, 1.165) is 22.5 Å². The summed E-state index contributed by atoms with van der Waals surface area (Å²) < 4.78 is 7.72. The molecular weight excluding hydrogens is 302 g/mol. The van der Waals surface area contributed by atoms with Crippen molar-refractivity contribution in [2.75, 3.05) is 13.6 Å². The fourth-order valence-corrected chi connectivity index (χ4v) is 2.42. The van der Waals surface area contributed by atoms with Crippen molar-refractivity contribution in [3.63, 3.8) is 0 Å². The third-order valence-electron chi connectivity index (χ3n) is 4.05. The van der Waals surface area contributed by atoms with Gasteiger partial charge in [-0.1, -0.05) is 17.7 Å². The molecule has 124 valence electrons. The SMILES string of the molecule is CCN(C)C(=O)Cn1cnc2cc(Oc3ccc(C)cc3)ccc21. The van der Waals surface area contributed by atoms with E-state index in [1.54, 1.807) is 18.3 Å². The molecule has 0 aliphatic carbocycles. The molecule has 0 fully saturated rings. The minimum atomic E-state index is 0.0665. The smallest absolute Gasteiger partial charge is 0.242 e. The van der Waals surface area contributed by atoms with Crippen LogP contribution < -0.4 is 4.74 Å². The molecule has 0 aliphatic heterocycles. The lowest BCUT2D eigenvalue weighted by Gasteiger charge is -2.15. The molecule has 5 heteroatoms. The monoisotopic (exact) mass is 323 g/mol. The Morgan fingerprint density at radius 3 is 2.58 bits per heavy atom. The van der Waals surface area contributed by atoms with E-state index < -0.39 is 0 Å². The van der Waals surface area contributed by atoms with E-state index in [0.29, 0.717) is 13.1 Å². The molecule has 0 saturated heterocycles. The van der Waals surface area contributed by atoms with Gasteiger partial charge < -0.3 is 14.2 Å². The summed E-state index contributed by atoms with van der Waals surface area (Å²) in [5.41, 5.74) is 2.92. The van der Waals surface area contributed by atoms with Crippen molar-refractivity contribution in [3.05, 3.63) is 54.4 Å². The summed E-state index contributed by atoms with van der Waals surface area (Å²) >= 11 is 0. The van der Waals surface area contributed by atoms with Crippen molar-refractivity contribution in [2.24, 2.45) is 0 Å². The van der Waals surface area contributed by atoms with Crippen LogP contribution >= 0.6 is 0 Å². The van der Waals surface area contributed by atoms with Crippen LogP contribution in [0.5, 0.6) is 11.5 Å². The number of aromatic nitrogens is 2. The summed E-state index contributed by atoms with van der Waals surface area (Å²) in [6, 6.07) is 13.6. The maximum atomic E-state index is 12.1. The van der Waals surface area contributed by atoms with Crippen molar-refractivity contribution in [3.8, 4) is 11.5 Å². The number of ether oxygens (including phenoxy) is 1. The molecule has 24 heavy (non-hydrogen) atoms. The average Bonchev–Trinajstić information content (AvgIpc) is 2.98. The molecule has 0 saturated carbocycles. The third kappa shape index (κ3) is 3.40. The quantitative estimate of drug-likeness (QED) is 0.720. The molecule has 5 nitrogen and oxygen atoms in total. The molecule has 0 N–H and O–H groups in total. The maximum Gasteiger partial charge on any atom is 0.242 e. The van der Waals surface area contributed by atoms with Crippen LogP contribution in [0, 0.1) is 6.92 Å². The predicted octanol–water partition coefficient (Wildman–Crippen LogP) is 3.62. The predicted molar refractivity (Wildman–Crippen MR) is 94.3 cm³/mol. The van der Waals surface area contributed by atoms with Gasteiger partial charge in [0.25, 0.3) is 0 Å². The molecule has 3 aromatic rings. The molecule has 3 rings (SSSR count). The Kier molecular flexibility index (Phi) is 4.51. The lowest BCUT2D eigenvalue weighted by molar-refractivity contribution is -0.130. The van der Waals surface area contributed by atoms with Crippen LogP contribution in [0.2, 0.25) is 0 Å². The van der Waals surface area contributed by atoms with Gasteiger partial charge in [-0.3, -0.25) is 4.79 Å². The Hall–Kier alpha value is -2.82. The molecule has 0 bridgehead atoms. The highest BCUT2D eigenvalue weighted by molar-refractivity contribution is 5.81. The number of benzene rings is 2. The Balaban J connectivity index is 1.80. The van der Waals surface area contributed by atoms with Crippen molar-refractivity contribution >= 4 is 16.9 Å². The van der Waals surface area contributed by atoms with Gasteiger partial charge in [-0.05, 0) is 38.1 Å². The molecule has 0 aliphatic rings. The molecule has 0 spiro atoms.